The highest BCUT2D eigenvalue weighted by Crippen LogP contribution is 2.49. The Balaban J connectivity index is 1.74. The topological polar surface area (TPSA) is 74.9 Å². The van der Waals surface area contributed by atoms with Gasteiger partial charge in [-0.15, -0.1) is 0 Å². The zero-order valence-electron chi connectivity index (χ0n) is 18.6. The molecule has 3 heterocycles. The second-order valence-corrected chi connectivity index (χ2v) is 8.55. The summed E-state index contributed by atoms with van der Waals surface area (Å²) in [6, 6.07) is 16.0. The van der Waals surface area contributed by atoms with Crippen LogP contribution in [0.2, 0.25) is 0 Å². The van der Waals surface area contributed by atoms with Crippen molar-refractivity contribution in [3.8, 4) is 5.75 Å². The van der Waals surface area contributed by atoms with E-state index in [0.717, 1.165) is 33.5 Å². The summed E-state index contributed by atoms with van der Waals surface area (Å²) in [5.41, 5.74) is 2.69. The second-order valence-electron chi connectivity index (χ2n) is 8.55. The zero-order valence-corrected chi connectivity index (χ0v) is 18.6. The number of piperazine rings is 1. The number of H-pyrrole nitrogens is 1. The Bertz CT molecular complexity index is 1200. The maximum absolute atomic E-state index is 13.8. The SMILES string of the molecule is COCCN1CC(=O)N2C[C@@H](c3ccccc3OC)c3c([nH]c4ccccc34)[C@@]2(C)C1=O. The molecular formula is C25H27N3O4. The van der Waals surface area contributed by atoms with Gasteiger partial charge in [0.1, 0.15) is 5.75 Å². The van der Waals surface area contributed by atoms with Crippen LogP contribution in [0, 0.1) is 0 Å². The van der Waals surface area contributed by atoms with E-state index in [-0.39, 0.29) is 24.3 Å². The summed E-state index contributed by atoms with van der Waals surface area (Å²) < 4.78 is 10.8. The van der Waals surface area contributed by atoms with Gasteiger partial charge in [0.2, 0.25) is 5.91 Å². The fourth-order valence-electron chi connectivity index (χ4n) is 5.29. The van der Waals surface area contributed by atoms with Crippen molar-refractivity contribution in [2.24, 2.45) is 0 Å². The first-order valence-corrected chi connectivity index (χ1v) is 10.8. The molecule has 3 aromatic rings. The lowest BCUT2D eigenvalue weighted by Crippen LogP contribution is -2.67. The Kier molecular flexibility index (Phi) is 4.93. The molecule has 0 bridgehead atoms. The van der Waals surface area contributed by atoms with Crippen LogP contribution in [0.1, 0.15) is 29.7 Å². The molecule has 2 aliphatic rings. The van der Waals surface area contributed by atoms with Crippen LogP contribution in [0.5, 0.6) is 5.75 Å². The van der Waals surface area contributed by atoms with Crippen molar-refractivity contribution in [1.29, 1.82) is 0 Å². The quantitative estimate of drug-likeness (QED) is 0.672. The summed E-state index contributed by atoms with van der Waals surface area (Å²) in [6.07, 6.45) is 0. The zero-order chi connectivity index (χ0) is 22.5. The summed E-state index contributed by atoms with van der Waals surface area (Å²) in [5.74, 6) is 0.510. The predicted octanol–water partition coefficient (Wildman–Crippen LogP) is 2.85. The highest BCUT2D eigenvalue weighted by molar-refractivity contribution is 6.01. The first kappa shape index (κ1) is 20.6. The minimum absolute atomic E-state index is 0.0615. The molecule has 166 valence electrons. The third-order valence-corrected chi connectivity index (χ3v) is 6.90. The van der Waals surface area contributed by atoms with Crippen molar-refractivity contribution in [2.45, 2.75) is 18.4 Å². The number of para-hydroxylation sites is 2. The summed E-state index contributed by atoms with van der Waals surface area (Å²) in [7, 11) is 3.25. The smallest absolute Gasteiger partial charge is 0.255 e. The Hall–Kier alpha value is -3.32. The molecule has 1 N–H and O–H groups in total. The minimum Gasteiger partial charge on any atom is -0.496 e. The van der Waals surface area contributed by atoms with E-state index in [2.05, 4.69) is 11.1 Å². The molecule has 2 aliphatic heterocycles. The maximum atomic E-state index is 13.8. The number of nitrogens with one attached hydrogen (secondary N) is 1. The van der Waals surface area contributed by atoms with Crippen LogP contribution in [0.3, 0.4) is 0 Å². The molecule has 1 saturated heterocycles. The van der Waals surface area contributed by atoms with Crippen LogP contribution >= 0.6 is 0 Å². The third-order valence-electron chi connectivity index (χ3n) is 6.90. The van der Waals surface area contributed by atoms with E-state index < -0.39 is 5.54 Å². The average Bonchev–Trinajstić information content (AvgIpc) is 3.21. The van der Waals surface area contributed by atoms with Crippen LogP contribution in [-0.4, -0.2) is 67.1 Å². The normalized spacial score (nSPS) is 22.8. The highest BCUT2D eigenvalue weighted by atomic mass is 16.5. The Labute approximate surface area is 186 Å². The molecule has 2 amide bonds. The fourth-order valence-corrected chi connectivity index (χ4v) is 5.29. The van der Waals surface area contributed by atoms with Gasteiger partial charge in [0.05, 0.1) is 26.0 Å². The monoisotopic (exact) mass is 433 g/mol. The lowest BCUT2D eigenvalue weighted by molar-refractivity contribution is -0.166. The molecule has 7 heteroatoms. The van der Waals surface area contributed by atoms with E-state index in [0.29, 0.717) is 19.7 Å². The number of hydrogen-bond acceptors (Lipinski definition) is 4. The molecule has 1 aromatic heterocycles. The molecule has 0 aliphatic carbocycles. The molecule has 0 spiro atoms. The number of ether oxygens (including phenoxy) is 2. The second kappa shape index (κ2) is 7.67. The number of nitrogens with zero attached hydrogens (tertiary/aromatic N) is 2. The summed E-state index contributed by atoms with van der Waals surface area (Å²) >= 11 is 0. The van der Waals surface area contributed by atoms with Gasteiger partial charge >= 0.3 is 0 Å². The van der Waals surface area contributed by atoms with Gasteiger partial charge in [-0.3, -0.25) is 9.59 Å². The maximum Gasteiger partial charge on any atom is 0.255 e. The van der Waals surface area contributed by atoms with Crippen LogP contribution in [0.15, 0.2) is 48.5 Å². The molecule has 0 radical (unpaired) electrons. The number of carbonyl (C=O) groups excluding carboxylic acids is 2. The number of aromatic nitrogens is 1. The lowest BCUT2D eigenvalue weighted by atomic mass is 9.76. The number of methoxy groups -OCH3 is 2. The third kappa shape index (κ3) is 2.84. The van der Waals surface area contributed by atoms with Gasteiger partial charge in [0, 0.05) is 42.6 Å². The van der Waals surface area contributed by atoms with E-state index in [4.69, 9.17) is 9.47 Å². The predicted molar refractivity (Wildman–Crippen MR) is 121 cm³/mol. The van der Waals surface area contributed by atoms with Gasteiger partial charge in [-0.2, -0.15) is 0 Å². The van der Waals surface area contributed by atoms with Gasteiger partial charge < -0.3 is 24.3 Å². The van der Waals surface area contributed by atoms with E-state index in [1.54, 1.807) is 24.0 Å². The van der Waals surface area contributed by atoms with E-state index >= 15 is 0 Å². The molecular weight excluding hydrogens is 406 g/mol. The Morgan fingerprint density at radius 3 is 2.62 bits per heavy atom. The van der Waals surface area contributed by atoms with Crippen LogP contribution < -0.4 is 4.74 Å². The van der Waals surface area contributed by atoms with Crippen molar-refractivity contribution in [3.63, 3.8) is 0 Å². The molecule has 2 aromatic carbocycles. The summed E-state index contributed by atoms with van der Waals surface area (Å²) in [4.78, 5) is 34.0. The van der Waals surface area contributed by atoms with Crippen LogP contribution in [-0.2, 0) is 19.9 Å². The minimum atomic E-state index is -1.10. The molecule has 7 nitrogen and oxygen atoms in total. The Morgan fingerprint density at radius 2 is 1.84 bits per heavy atom. The van der Waals surface area contributed by atoms with Gasteiger partial charge in [0.15, 0.2) is 5.54 Å². The van der Waals surface area contributed by atoms with Crippen molar-refractivity contribution >= 4 is 22.7 Å². The Morgan fingerprint density at radius 1 is 1.09 bits per heavy atom. The average molecular weight is 434 g/mol. The van der Waals surface area contributed by atoms with Crippen molar-refractivity contribution in [2.75, 3.05) is 40.5 Å². The highest BCUT2D eigenvalue weighted by Gasteiger charge is 2.56. The molecule has 32 heavy (non-hydrogen) atoms. The van der Waals surface area contributed by atoms with Gasteiger partial charge in [-0.1, -0.05) is 36.4 Å². The first-order chi connectivity index (χ1) is 15.5. The van der Waals surface area contributed by atoms with Crippen LogP contribution in [0.4, 0.5) is 0 Å². The molecule has 5 rings (SSSR count). The number of benzene rings is 2. The molecule has 1 fully saturated rings. The van der Waals surface area contributed by atoms with Crippen molar-refractivity contribution < 1.29 is 19.1 Å². The first-order valence-electron chi connectivity index (χ1n) is 10.8. The van der Waals surface area contributed by atoms with E-state index in [9.17, 15) is 9.59 Å². The molecule has 0 saturated carbocycles. The fraction of sp³-hybridized carbons (Fsp3) is 0.360. The van der Waals surface area contributed by atoms with Gasteiger partial charge in [-0.05, 0) is 24.6 Å². The molecule has 0 unspecified atom stereocenters. The summed E-state index contributed by atoms with van der Waals surface area (Å²) in [5, 5.41) is 1.06. The number of aromatic amines is 1. The standard InChI is InChI=1S/C25H27N3O4/c1-25-23-22(17-9-4-6-10-19(17)26-23)18(16-8-5-7-11-20(16)32-3)14-28(25)21(29)15-27(24(25)30)12-13-31-2/h4-11,18,26H,12-15H2,1-3H3/t18-,25-/m0/s1. The van der Waals surface area contributed by atoms with Crippen molar-refractivity contribution in [1.82, 2.24) is 14.8 Å². The number of hydrogen-bond donors (Lipinski definition) is 1. The van der Waals surface area contributed by atoms with Gasteiger partial charge in [0.25, 0.3) is 5.91 Å². The number of rotatable bonds is 5. The van der Waals surface area contributed by atoms with E-state index in [1.165, 1.54) is 0 Å². The number of amides is 2. The largest absolute Gasteiger partial charge is 0.496 e. The molecule has 2 atom stereocenters. The van der Waals surface area contributed by atoms with E-state index in [1.807, 2.05) is 49.4 Å². The number of fused-ring (bicyclic) bond motifs is 5. The summed E-state index contributed by atoms with van der Waals surface area (Å²) in [6.45, 7) is 3.10. The van der Waals surface area contributed by atoms with Crippen molar-refractivity contribution in [3.05, 3.63) is 65.4 Å². The van der Waals surface area contributed by atoms with Gasteiger partial charge in [-0.25, -0.2) is 0 Å². The number of carbonyl (C=O) groups is 2. The van der Waals surface area contributed by atoms with Crippen LogP contribution in [0.25, 0.3) is 10.9 Å². The lowest BCUT2D eigenvalue weighted by Gasteiger charge is -2.51.